The summed E-state index contributed by atoms with van der Waals surface area (Å²) >= 11 is 5.33. The molecule has 20 heavy (non-hydrogen) atoms. The summed E-state index contributed by atoms with van der Waals surface area (Å²) in [4.78, 5) is 1.39. The highest BCUT2D eigenvalue weighted by Crippen LogP contribution is 2.30. The van der Waals surface area contributed by atoms with Crippen molar-refractivity contribution in [1.82, 2.24) is 5.43 Å². The molecule has 4 heteroatoms. The Bertz CT molecular complexity index is 581. The molecule has 3 N–H and O–H groups in total. The van der Waals surface area contributed by atoms with Gasteiger partial charge in [-0.25, -0.2) is 0 Å². The first kappa shape index (κ1) is 14.3. The van der Waals surface area contributed by atoms with Crippen molar-refractivity contribution >= 4 is 27.3 Å². The van der Waals surface area contributed by atoms with Crippen LogP contribution < -0.4 is 11.3 Å². The van der Waals surface area contributed by atoms with Gasteiger partial charge in [0.05, 0.1) is 3.79 Å². The van der Waals surface area contributed by atoms with Crippen molar-refractivity contribution in [2.75, 3.05) is 0 Å². The molecule has 0 bridgehead atoms. The van der Waals surface area contributed by atoms with E-state index >= 15 is 0 Å². The van der Waals surface area contributed by atoms with Gasteiger partial charge in [0, 0.05) is 10.9 Å². The van der Waals surface area contributed by atoms with Gasteiger partial charge in [-0.05, 0) is 70.8 Å². The molecule has 0 fully saturated rings. The van der Waals surface area contributed by atoms with Crippen LogP contribution in [0.4, 0.5) is 0 Å². The zero-order valence-corrected chi connectivity index (χ0v) is 13.7. The average Bonchev–Trinajstić information content (AvgIpc) is 2.89. The molecule has 1 aliphatic rings. The van der Waals surface area contributed by atoms with Crippen LogP contribution in [-0.2, 0) is 19.3 Å². The standard InChI is InChI=1S/C16H19BrN2S/c17-16-8-7-14(20-16)10-15(19-18)13-6-5-11-3-1-2-4-12(11)9-13/h1-4,7-8,13,15,19H,5-6,9-10,18H2. The number of benzene rings is 1. The number of rotatable bonds is 4. The van der Waals surface area contributed by atoms with Gasteiger partial charge in [-0.1, -0.05) is 24.3 Å². The fraction of sp³-hybridized carbons (Fsp3) is 0.375. The monoisotopic (exact) mass is 350 g/mol. The van der Waals surface area contributed by atoms with E-state index in [2.05, 4.69) is 57.8 Å². The Morgan fingerprint density at radius 1 is 1.25 bits per heavy atom. The lowest BCUT2D eigenvalue weighted by Crippen LogP contribution is -2.44. The van der Waals surface area contributed by atoms with E-state index < -0.39 is 0 Å². The number of aryl methyl sites for hydroxylation is 1. The van der Waals surface area contributed by atoms with Gasteiger partial charge in [0.15, 0.2) is 0 Å². The molecule has 2 unspecified atom stereocenters. The van der Waals surface area contributed by atoms with Gasteiger partial charge in [-0.15, -0.1) is 11.3 Å². The molecule has 3 rings (SSSR count). The number of thiophene rings is 1. The molecule has 0 spiro atoms. The predicted octanol–water partition coefficient (Wildman–Crippen LogP) is 3.69. The SMILES string of the molecule is NNC(Cc1ccc(Br)s1)C1CCc2ccccc2C1. The van der Waals surface area contributed by atoms with E-state index in [1.165, 1.54) is 32.6 Å². The van der Waals surface area contributed by atoms with E-state index in [9.17, 15) is 0 Å². The van der Waals surface area contributed by atoms with Gasteiger partial charge in [-0.3, -0.25) is 11.3 Å². The lowest BCUT2D eigenvalue weighted by molar-refractivity contribution is 0.322. The fourth-order valence-corrected chi connectivity index (χ4v) is 4.65. The number of halogens is 1. The Kier molecular flexibility index (Phi) is 4.56. The van der Waals surface area contributed by atoms with Crippen molar-refractivity contribution in [3.8, 4) is 0 Å². The molecule has 2 atom stereocenters. The lowest BCUT2D eigenvalue weighted by Gasteiger charge is -2.31. The summed E-state index contributed by atoms with van der Waals surface area (Å²) in [5, 5.41) is 0. The van der Waals surface area contributed by atoms with E-state index in [0.717, 1.165) is 12.8 Å². The normalized spacial score (nSPS) is 19.6. The van der Waals surface area contributed by atoms with Crippen molar-refractivity contribution in [1.29, 1.82) is 0 Å². The zero-order chi connectivity index (χ0) is 13.9. The molecule has 2 aromatic rings. The summed E-state index contributed by atoms with van der Waals surface area (Å²) in [5.74, 6) is 6.44. The summed E-state index contributed by atoms with van der Waals surface area (Å²) in [6, 6.07) is 13.5. The Morgan fingerprint density at radius 3 is 2.75 bits per heavy atom. The fourth-order valence-electron chi connectivity index (χ4n) is 3.11. The maximum atomic E-state index is 5.82. The van der Waals surface area contributed by atoms with Crippen LogP contribution in [0.25, 0.3) is 0 Å². The van der Waals surface area contributed by atoms with Crippen LogP contribution in [0.15, 0.2) is 40.2 Å². The van der Waals surface area contributed by atoms with Crippen molar-refractivity contribution in [2.24, 2.45) is 11.8 Å². The molecule has 0 saturated carbocycles. The number of hydrogen-bond donors (Lipinski definition) is 2. The Balaban J connectivity index is 1.71. The van der Waals surface area contributed by atoms with Crippen LogP contribution >= 0.6 is 27.3 Å². The van der Waals surface area contributed by atoms with Crippen LogP contribution in [0.1, 0.15) is 22.4 Å². The van der Waals surface area contributed by atoms with Gasteiger partial charge in [0.2, 0.25) is 0 Å². The van der Waals surface area contributed by atoms with Crippen molar-refractivity contribution in [3.05, 3.63) is 56.2 Å². The van der Waals surface area contributed by atoms with Gasteiger partial charge in [-0.2, -0.15) is 0 Å². The maximum absolute atomic E-state index is 5.82. The lowest BCUT2D eigenvalue weighted by atomic mass is 9.79. The van der Waals surface area contributed by atoms with E-state index in [1.807, 2.05) is 0 Å². The molecule has 1 aromatic heterocycles. The Labute approximate surface area is 132 Å². The van der Waals surface area contributed by atoms with E-state index in [0.29, 0.717) is 12.0 Å². The molecule has 2 nitrogen and oxygen atoms in total. The molecule has 0 radical (unpaired) electrons. The van der Waals surface area contributed by atoms with Crippen molar-refractivity contribution in [3.63, 3.8) is 0 Å². The molecule has 1 aliphatic carbocycles. The van der Waals surface area contributed by atoms with Gasteiger partial charge in [0.25, 0.3) is 0 Å². The largest absolute Gasteiger partial charge is 0.271 e. The Hall–Kier alpha value is -0.680. The molecule has 1 heterocycles. The van der Waals surface area contributed by atoms with Crippen molar-refractivity contribution < 1.29 is 0 Å². The first-order valence-electron chi connectivity index (χ1n) is 7.03. The second-order valence-electron chi connectivity index (χ2n) is 5.45. The molecular weight excluding hydrogens is 332 g/mol. The average molecular weight is 351 g/mol. The summed E-state index contributed by atoms with van der Waals surface area (Å²) in [6.45, 7) is 0. The number of fused-ring (bicyclic) bond motifs is 1. The molecule has 0 aliphatic heterocycles. The minimum atomic E-state index is 0.355. The topological polar surface area (TPSA) is 38.0 Å². The first-order valence-corrected chi connectivity index (χ1v) is 8.64. The van der Waals surface area contributed by atoms with E-state index in [-0.39, 0.29) is 0 Å². The molecule has 0 amide bonds. The second-order valence-corrected chi connectivity index (χ2v) is 8.00. The van der Waals surface area contributed by atoms with E-state index in [1.54, 1.807) is 11.3 Å². The van der Waals surface area contributed by atoms with Crippen LogP contribution in [0.5, 0.6) is 0 Å². The zero-order valence-electron chi connectivity index (χ0n) is 11.3. The smallest absolute Gasteiger partial charge is 0.0701 e. The number of hydrogen-bond acceptors (Lipinski definition) is 3. The highest BCUT2D eigenvalue weighted by Gasteiger charge is 2.25. The predicted molar refractivity (Wildman–Crippen MR) is 88.8 cm³/mol. The van der Waals surface area contributed by atoms with Gasteiger partial charge < -0.3 is 0 Å². The molecule has 0 saturated heterocycles. The third kappa shape index (κ3) is 3.14. The third-order valence-corrected chi connectivity index (χ3v) is 5.86. The number of hydrazine groups is 1. The summed E-state index contributed by atoms with van der Waals surface area (Å²) < 4.78 is 1.19. The molecule has 1 aromatic carbocycles. The van der Waals surface area contributed by atoms with Crippen LogP contribution in [-0.4, -0.2) is 6.04 Å². The van der Waals surface area contributed by atoms with Gasteiger partial charge in [0.1, 0.15) is 0 Å². The summed E-state index contributed by atoms with van der Waals surface area (Å²) in [7, 11) is 0. The third-order valence-electron chi connectivity index (χ3n) is 4.22. The summed E-state index contributed by atoms with van der Waals surface area (Å²) in [6.07, 6.45) is 4.54. The first-order chi connectivity index (χ1) is 9.76. The highest BCUT2D eigenvalue weighted by atomic mass is 79.9. The van der Waals surface area contributed by atoms with Crippen LogP contribution in [0.2, 0.25) is 0 Å². The second kappa shape index (κ2) is 6.39. The minimum Gasteiger partial charge on any atom is -0.271 e. The minimum absolute atomic E-state index is 0.355. The van der Waals surface area contributed by atoms with Gasteiger partial charge >= 0.3 is 0 Å². The number of nitrogens with one attached hydrogen (secondary N) is 1. The van der Waals surface area contributed by atoms with E-state index in [4.69, 9.17) is 5.84 Å². The van der Waals surface area contributed by atoms with Crippen molar-refractivity contribution in [2.45, 2.75) is 31.7 Å². The highest BCUT2D eigenvalue weighted by molar-refractivity contribution is 9.11. The number of nitrogens with two attached hydrogens (primary N) is 1. The maximum Gasteiger partial charge on any atom is 0.0701 e. The summed E-state index contributed by atoms with van der Waals surface area (Å²) in [5.41, 5.74) is 6.06. The van der Waals surface area contributed by atoms with Crippen LogP contribution in [0, 0.1) is 5.92 Å². The Morgan fingerprint density at radius 2 is 2.05 bits per heavy atom. The molecular formula is C16H19BrN2S. The quantitative estimate of drug-likeness (QED) is 0.651. The van der Waals surface area contributed by atoms with Crippen LogP contribution in [0.3, 0.4) is 0 Å². The molecule has 106 valence electrons.